The van der Waals surface area contributed by atoms with Crippen LogP contribution in [-0.4, -0.2) is 98.3 Å². The second-order valence-electron chi connectivity index (χ2n) is 13.9. The summed E-state index contributed by atoms with van der Waals surface area (Å²) in [5, 5.41) is 6.26. The predicted octanol–water partition coefficient (Wildman–Crippen LogP) is 5.32. The fraction of sp³-hybridized carbons (Fsp3) is 0.500. The van der Waals surface area contributed by atoms with E-state index in [9.17, 15) is 14.4 Å². The highest BCUT2D eigenvalue weighted by molar-refractivity contribution is 5.94. The van der Waals surface area contributed by atoms with Gasteiger partial charge in [-0.2, -0.15) is 0 Å². The summed E-state index contributed by atoms with van der Waals surface area (Å²) in [6, 6.07) is 7.40. The maximum Gasteiger partial charge on any atom is 0.410 e. The summed E-state index contributed by atoms with van der Waals surface area (Å²) in [6.07, 6.45) is 6.87. The molecule has 2 saturated heterocycles. The highest BCUT2D eigenvalue weighted by Gasteiger charge is 2.30. The first-order valence-corrected chi connectivity index (χ1v) is 16.3. The van der Waals surface area contributed by atoms with Crippen molar-refractivity contribution in [3.63, 3.8) is 0 Å². The van der Waals surface area contributed by atoms with Crippen molar-refractivity contribution in [3.05, 3.63) is 49.1 Å². The molecule has 2 fully saturated rings. The molecule has 0 saturated carbocycles. The van der Waals surface area contributed by atoms with Gasteiger partial charge in [0.1, 0.15) is 28.7 Å². The Balaban J connectivity index is 1.30. The summed E-state index contributed by atoms with van der Waals surface area (Å²) < 4.78 is 11.0. The molecule has 3 aromatic rings. The van der Waals surface area contributed by atoms with Gasteiger partial charge in [0, 0.05) is 81.1 Å². The topological polar surface area (TPSA) is 155 Å². The monoisotopic (exact) mass is 659 g/mol. The minimum atomic E-state index is -0.576. The van der Waals surface area contributed by atoms with Crippen LogP contribution in [-0.2, 0) is 14.3 Å². The minimum Gasteiger partial charge on any atom is -0.444 e. The molecule has 3 aromatic heterocycles. The van der Waals surface area contributed by atoms with Crippen LogP contribution >= 0.6 is 0 Å². The molecular weight excluding hydrogens is 614 g/mol. The number of amides is 3. The van der Waals surface area contributed by atoms with Crippen LogP contribution in [0.1, 0.15) is 54.4 Å². The third-order valence-electron chi connectivity index (χ3n) is 7.73. The van der Waals surface area contributed by atoms with Crippen molar-refractivity contribution in [1.82, 2.24) is 29.7 Å². The molecule has 2 aliphatic rings. The summed E-state index contributed by atoms with van der Waals surface area (Å²) in [4.78, 5) is 61.8. The van der Waals surface area contributed by atoms with Gasteiger partial charge in [0.05, 0.1) is 11.9 Å². The van der Waals surface area contributed by atoms with Crippen molar-refractivity contribution in [2.24, 2.45) is 5.92 Å². The number of piperidine rings is 1. The zero-order valence-corrected chi connectivity index (χ0v) is 28.5. The first-order valence-electron chi connectivity index (χ1n) is 16.3. The first-order chi connectivity index (χ1) is 22.7. The number of rotatable bonds is 6. The Hall–Kier alpha value is -5.01. The van der Waals surface area contributed by atoms with E-state index in [0.29, 0.717) is 75.1 Å². The van der Waals surface area contributed by atoms with Crippen molar-refractivity contribution in [1.29, 1.82) is 0 Å². The van der Waals surface area contributed by atoms with Gasteiger partial charge in [-0.1, -0.05) is 0 Å². The Morgan fingerprint density at radius 2 is 1.42 bits per heavy atom. The van der Waals surface area contributed by atoms with Crippen LogP contribution in [0.25, 0.3) is 11.3 Å². The normalized spacial score (nSPS) is 15.9. The van der Waals surface area contributed by atoms with Crippen LogP contribution < -0.4 is 15.5 Å². The molecule has 0 bridgehead atoms. The van der Waals surface area contributed by atoms with E-state index in [1.807, 2.05) is 59.7 Å². The molecular formula is C34H45N9O5. The molecule has 48 heavy (non-hydrogen) atoms. The third kappa shape index (κ3) is 9.52. The summed E-state index contributed by atoms with van der Waals surface area (Å²) in [7, 11) is 0. The van der Waals surface area contributed by atoms with Crippen LogP contribution in [0.4, 0.5) is 32.7 Å². The number of piperazine rings is 1. The lowest BCUT2D eigenvalue weighted by Gasteiger charge is -2.36. The zero-order valence-electron chi connectivity index (χ0n) is 28.5. The molecule has 0 spiro atoms. The van der Waals surface area contributed by atoms with Crippen molar-refractivity contribution in [3.8, 4) is 11.3 Å². The van der Waals surface area contributed by atoms with E-state index in [-0.39, 0.29) is 24.0 Å². The summed E-state index contributed by atoms with van der Waals surface area (Å²) >= 11 is 0. The fourth-order valence-electron chi connectivity index (χ4n) is 5.40. The van der Waals surface area contributed by atoms with Gasteiger partial charge in [-0.15, -0.1) is 0 Å². The number of ether oxygens (including phenoxy) is 2. The average Bonchev–Trinajstić information content (AvgIpc) is 3.04. The Morgan fingerprint density at radius 1 is 0.771 bits per heavy atom. The van der Waals surface area contributed by atoms with Crippen LogP contribution in [0.2, 0.25) is 0 Å². The van der Waals surface area contributed by atoms with Gasteiger partial charge in [-0.05, 0) is 72.6 Å². The number of nitrogens with one attached hydrogen (secondary N) is 2. The smallest absolute Gasteiger partial charge is 0.410 e. The lowest BCUT2D eigenvalue weighted by atomic mass is 9.96. The van der Waals surface area contributed by atoms with Gasteiger partial charge in [-0.3, -0.25) is 9.78 Å². The molecule has 5 heterocycles. The van der Waals surface area contributed by atoms with Crippen molar-refractivity contribution >= 4 is 41.2 Å². The van der Waals surface area contributed by atoms with Gasteiger partial charge in [0.15, 0.2) is 0 Å². The van der Waals surface area contributed by atoms with Gasteiger partial charge in [0.25, 0.3) is 0 Å². The number of carbonyl (C=O) groups excluding carboxylic acids is 3. The number of anilines is 4. The predicted molar refractivity (Wildman–Crippen MR) is 182 cm³/mol. The number of aromatic nitrogens is 4. The van der Waals surface area contributed by atoms with Crippen molar-refractivity contribution in [2.45, 2.75) is 65.6 Å². The van der Waals surface area contributed by atoms with E-state index in [2.05, 4.69) is 30.5 Å². The Labute approximate surface area is 281 Å². The SMILES string of the molecule is CC(C)(C)OC(=O)N1CCC(C(=O)Nc2cc(Nc3cnccn3)nc(-c3ccnc(N4CCN(C(=O)OC(C)(C)C)CC4)c3)c2)CC1. The molecule has 0 aromatic carbocycles. The second-order valence-corrected chi connectivity index (χ2v) is 13.9. The Kier molecular flexibility index (Phi) is 10.3. The maximum absolute atomic E-state index is 13.4. The molecule has 2 N–H and O–H groups in total. The first kappa shape index (κ1) is 34.3. The van der Waals surface area contributed by atoms with E-state index >= 15 is 0 Å². The quantitative estimate of drug-likeness (QED) is 0.353. The van der Waals surface area contributed by atoms with Crippen LogP contribution in [0.15, 0.2) is 49.1 Å². The van der Waals surface area contributed by atoms with E-state index in [1.165, 1.54) is 0 Å². The van der Waals surface area contributed by atoms with E-state index in [4.69, 9.17) is 14.5 Å². The zero-order chi connectivity index (χ0) is 34.5. The van der Waals surface area contributed by atoms with Gasteiger partial charge in [0.2, 0.25) is 5.91 Å². The molecule has 0 aliphatic carbocycles. The molecule has 14 heteroatoms. The highest BCUT2D eigenvalue weighted by Crippen LogP contribution is 2.29. The molecule has 256 valence electrons. The molecule has 3 amide bonds. The molecule has 0 radical (unpaired) electrons. The number of nitrogens with zero attached hydrogens (tertiary/aromatic N) is 7. The molecule has 2 aliphatic heterocycles. The number of hydrogen-bond donors (Lipinski definition) is 2. The number of hydrogen-bond acceptors (Lipinski definition) is 11. The average molecular weight is 660 g/mol. The van der Waals surface area contributed by atoms with Crippen molar-refractivity contribution < 1.29 is 23.9 Å². The van der Waals surface area contributed by atoms with Gasteiger partial charge in [-0.25, -0.2) is 24.5 Å². The fourth-order valence-corrected chi connectivity index (χ4v) is 5.40. The second kappa shape index (κ2) is 14.4. The van der Waals surface area contributed by atoms with Crippen molar-refractivity contribution in [2.75, 3.05) is 54.8 Å². The van der Waals surface area contributed by atoms with Gasteiger partial charge >= 0.3 is 12.2 Å². The van der Waals surface area contributed by atoms with Crippen LogP contribution in [0, 0.1) is 5.92 Å². The summed E-state index contributed by atoms with van der Waals surface area (Å²) in [5.41, 5.74) is 0.864. The molecule has 0 unspecified atom stereocenters. The van der Waals surface area contributed by atoms with E-state index in [1.54, 1.807) is 40.7 Å². The van der Waals surface area contributed by atoms with E-state index < -0.39 is 11.2 Å². The molecule has 5 rings (SSSR count). The lowest BCUT2D eigenvalue weighted by molar-refractivity contribution is -0.121. The van der Waals surface area contributed by atoms with Gasteiger partial charge < -0.3 is 34.8 Å². The molecule has 0 atom stereocenters. The largest absolute Gasteiger partial charge is 0.444 e. The Morgan fingerprint density at radius 3 is 2.02 bits per heavy atom. The summed E-state index contributed by atoms with van der Waals surface area (Å²) in [6.45, 7) is 14.2. The number of carbonyl (C=O) groups is 3. The standard InChI is InChI=1S/C34H45N9O5/c1-33(2,3)47-31(45)42-13-8-23(9-14-42)30(44)38-25-20-26(39-27(21-25)40-28-22-35-11-12-36-28)24-7-10-37-29(19-24)41-15-17-43(18-16-41)32(46)48-34(4,5)6/h7,10-12,19-23H,8-9,13-18H2,1-6H3,(H2,36,38,39,40,44). The van der Waals surface area contributed by atoms with Crippen LogP contribution in [0.3, 0.4) is 0 Å². The number of likely N-dealkylation sites (tertiary alicyclic amines) is 1. The minimum absolute atomic E-state index is 0.125. The third-order valence-corrected chi connectivity index (χ3v) is 7.73. The molecule has 14 nitrogen and oxygen atoms in total. The lowest BCUT2D eigenvalue weighted by Crippen LogP contribution is -2.50. The summed E-state index contributed by atoms with van der Waals surface area (Å²) in [5.74, 6) is 1.36. The maximum atomic E-state index is 13.4. The Bertz CT molecular complexity index is 1590. The number of pyridine rings is 2. The highest BCUT2D eigenvalue weighted by atomic mass is 16.6. The van der Waals surface area contributed by atoms with E-state index in [0.717, 1.165) is 11.4 Å². The van der Waals surface area contributed by atoms with Crippen LogP contribution in [0.5, 0.6) is 0 Å².